The number of hydrogen-bond acceptors (Lipinski definition) is 2. The highest BCUT2D eigenvalue weighted by Crippen LogP contribution is 2.36. The molecule has 0 bridgehead atoms. The Morgan fingerprint density at radius 3 is 2.27 bits per heavy atom. The van der Waals surface area contributed by atoms with E-state index in [2.05, 4.69) is 25.7 Å². The Morgan fingerprint density at radius 1 is 1.13 bits per heavy atom. The molecule has 0 saturated carbocycles. The maximum absolute atomic E-state index is 5.93. The van der Waals surface area contributed by atoms with Crippen LogP contribution in [0.3, 0.4) is 0 Å². The summed E-state index contributed by atoms with van der Waals surface area (Å²) in [5.74, 6) is 0. The smallest absolute Gasteiger partial charge is 0.0707 e. The minimum absolute atomic E-state index is 0.286. The van der Waals surface area contributed by atoms with E-state index in [-0.39, 0.29) is 5.60 Å². The van der Waals surface area contributed by atoms with Gasteiger partial charge in [0.2, 0.25) is 0 Å². The summed E-state index contributed by atoms with van der Waals surface area (Å²) in [5.41, 5.74) is 0.718. The summed E-state index contributed by atoms with van der Waals surface area (Å²) in [6.45, 7) is 11.7. The number of likely N-dealkylation sites (tertiary alicyclic amines) is 1. The first-order chi connectivity index (χ1) is 6.99. The molecule has 2 nitrogen and oxygen atoms in total. The Balaban J connectivity index is 1.81. The normalized spacial score (nSPS) is 27.4. The van der Waals surface area contributed by atoms with Crippen LogP contribution >= 0.6 is 0 Å². The maximum atomic E-state index is 5.93. The van der Waals surface area contributed by atoms with Crippen molar-refractivity contribution >= 4 is 0 Å². The monoisotopic (exact) mass is 211 g/mol. The summed E-state index contributed by atoms with van der Waals surface area (Å²) in [6.07, 6.45) is 5.09. The molecule has 0 atom stereocenters. The molecule has 2 saturated heterocycles. The third-order valence-corrected chi connectivity index (χ3v) is 3.65. The van der Waals surface area contributed by atoms with Gasteiger partial charge in [0.15, 0.2) is 0 Å². The Morgan fingerprint density at radius 2 is 1.80 bits per heavy atom. The van der Waals surface area contributed by atoms with Crippen LogP contribution in [0.1, 0.15) is 46.5 Å². The number of rotatable bonds is 1. The van der Waals surface area contributed by atoms with Crippen molar-refractivity contribution in [3.05, 3.63) is 0 Å². The minimum Gasteiger partial charge on any atom is -0.375 e. The Kier molecular flexibility index (Phi) is 3.09. The first-order valence-electron chi connectivity index (χ1n) is 6.36. The molecular formula is C13H25NO. The van der Waals surface area contributed by atoms with Crippen LogP contribution in [0, 0.1) is 5.41 Å². The summed E-state index contributed by atoms with van der Waals surface area (Å²) < 4.78 is 5.93. The van der Waals surface area contributed by atoms with E-state index in [1.807, 2.05) is 0 Å². The zero-order valence-electron chi connectivity index (χ0n) is 10.5. The molecule has 0 N–H and O–H groups in total. The molecule has 0 radical (unpaired) electrons. The molecule has 0 aromatic carbocycles. The van der Waals surface area contributed by atoms with Crippen molar-refractivity contribution in [1.29, 1.82) is 0 Å². The molecular weight excluding hydrogens is 186 g/mol. The van der Waals surface area contributed by atoms with Gasteiger partial charge in [-0.15, -0.1) is 0 Å². The Labute approximate surface area is 94.0 Å². The fourth-order valence-electron chi connectivity index (χ4n) is 2.94. The molecule has 0 aliphatic carbocycles. The number of ether oxygens (including phenoxy) is 1. The Hall–Kier alpha value is -0.0800. The average Bonchev–Trinajstić information content (AvgIpc) is 2.56. The summed E-state index contributed by atoms with van der Waals surface area (Å²) in [6, 6.07) is 0. The van der Waals surface area contributed by atoms with E-state index in [1.165, 1.54) is 45.3 Å². The lowest BCUT2D eigenvalue weighted by atomic mass is 9.87. The Bertz CT molecular complexity index is 203. The van der Waals surface area contributed by atoms with Crippen LogP contribution in [0.25, 0.3) is 0 Å². The van der Waals surface area contributed by atoms with E-state index in [0.29, 0.717) is 5.41 Å². The largest absolute Gasteiger partial charge is 0.375 e. The molecule has 0 amide bonds. The van der Waals surface area contributed by atoms with Crippen LogP contribution in [0.2, 0.25) is 0 Å². The van der Waals surface area contributed by atoms with Gasteiger partial charge in [0.05, 0.1) is 5.60 Å². The molecule has 2 aliphatic rings. The fourth-order valence-corrected chi connectivity index (χ4v) is 2.94. The lowest BCUT2D eigenvalue weighted by molar-refractivity contribution is -0.0476. The number of hydrogen-bond donors (Lipinski definition) is 0. The predicted molar refractivity (Wildman–Crippen MR) is 63.0 cm³/mol. The van der Waals surface area contributed by atoms with Crippen LogP contribution in [0.4, 0.5) is 0 Å². The van der Waals surface area contributed by atoms with E-state index < -0.39 is 0 Å². The van der Waals surface area contributed by atoms with Crippen molar-refractivity contribution in [2.75, 3.05) is 26.2 Å². The van der Waals surface area contributed by atoms with Gasteiger partial charge in [0.25, 0.3) is 0 Å². The first-order valence-corrected chi connectivity index (χ1v) is 6.36. The number of piperidine rings is 1. The third-order valence-electron chi connectivity index (χ3n) is 3.65. The van der Waals surface area contributed by atoms with Crippen molar-refractivity contribution in [3.8, 4) is 0 Å². The maximum Gasteiger partial charge on any atom is 0.0707 e. The van der Waals surface area contributed by atoms with Crippen molar-refractivity contribution in [1.82, 2.24) is 4.90 Å². The van der Waals surface area contributed by atoms with Gasteiger partial charge in [-0.1, -0.05) is 20.8 Å². The molecule has 1 spiro atoms. The molecule has 0 unspecified atom stereocenters. The van der Waals surface area contributed by atoms with Gasteiger partial charge < -0.3 is 9.64 Å². The van der Waals surface area contributed by atoms with Crippen LogP contribution in [-0.4, -0.2) is 36.7 Å². The van der Waals surface area contributed by atoms with Gasteiger partial charge in [0.1, 0.15) is 0 Å². The van der Waals surface area contributed by atoms with Crippen molar-refractivity contribution in [2.45, 2.75) is 52.1 Å². The van der Waals surface area contributed by atoms with Gasteiger partial charge in [0, 0.05) is 26.2 Å². The molecule has 0 aromatic heterocycles. The molecule has 2 rings (SSSR count). The molecule has 0 aromatic rings. The summed E-state index contributed by atoms with van der Waals surface area (Å²) in [5, 5.41) is 0. The van der Waals surface area contributed by atoms with Gasteiger partial charge >= 0.3 is 0 Å². The fraction of sp³-hybridized carbons (Fsp3) is 1.00. The minimum atomic E-state index is 0.286. The molecule has 2 fully saturated rings. The molecule has 2 heteroatoms. The van der Waals surface area contributed by atoms with E-state index in [1.54, 1.807) is 0 Å². The topological polar surface area (TPSA) is 12.5 Å². The first kappa shape index (κ1) is 11.4. The standard InChI is InChI=1S/C13H25NO/c1-12(2,3)11-14-8-6-13(7-9-14)5-4-10-15-13/h4-11H2,1-3H3. The van der Waals surface area contributed by atoms with Gasteiger partial charge in [-0.2, -0.15) is 0 Å². The lowest BCUT2D eigenvalue weighted by Crippen LogP contribution is -2.46. The third kappa shape index (κ3) is 2.94. The lowest BCUT2D eigenvalue weighted by Gasteiger charge is -2.40. The van der Waals surface area contributed by atoms with Crippen molar-refractivity contribution in [3.63, 3.8) is 0 Å². The van der Waals surface area contributed by atoms with Crippen molar-refractivity contribution in [2.24, 2.45) is 5.41 Å². The summed E-state index contributed by atoms with van der Waals surface area (Å²) in [4.78, 5) is 2.60. The predicted octanol–water partition coefficient (Wildman–Crippen LogP) is 2.68. The van der Waals surface area contributed by atoms with Crippen LogP contribution in [-0.2, 0) is 4.74 Å². The average molecular weight is 211 g/mol. The van der Waals surface area contributed by atoms with Crippen LogP contribution < -0.4 is 0 Å². The highest BCUT2D eigenvalue weighted by atomic mass is 16.5. The number of nitrogens with zero attached hydrogens (tertiary/aromatic N) is 1. The zero-order valence-corrected chi connectivity index (χ0v) is 10.5. The van der Waals surface area contributed by atoms with Gasteiger partial charge in [-0.05, 0) is 31.1 Å². The highest BCUT2D eigenvalue weighted by Gasteiger charge is 2.38. The second-order valence-electron chi connectivity index (χ2n) is 6.47. The molecule has 2 heterocycles. The molecule has 88 valence electrons. The van der Waals surface area contributed by atoms with E-state index in [0.717, 1.165) is 6.61 Å². The molecule has 2 aliphatic heterocycles. The zero-order chi connectivity index (χ0) is 10.9. The van der Waals surface area contributed by atoms with Crippen LogP contribution in [0.15, 0.2) is 0 Å². The second kappa shape index (κ2) is 4.06. The quantitative estimate of drug-likeness (QED) is 0.661. The summed E-state index contributed by atoms with van der Waals surface area (Å²) in [7, 11) is 0. The highest BCUT2D eigenvalue weighted by molar-refractivity contribution is 4.91. The van der Waals surface area contributed by atoms with Gasteiger partial charge in [-0.25, -0.2) is 0 Å². The van der Waals surface area contributed by atoms with Crippen molar-refractivity contribution < 1.29 is 4.74 Å². The van der Waals surface area contributed by atoms with E-state index in [9.17, 15) is 0 Å². The second-order valence-corrected chi connectivity index (χ2v) is 6.47. The van der Waals surface area contributed by atoms with E-state index in [4.69, 9.17) is 4.74 Å². The van der Waals surface area contributed by atoms with E-state index >= 15 is 0 Å². The SMILES string of the molecule is CC(C)(C)CN1CCC2(CCCO2)CC1. The van der Waals surface area contributed by atoms with Crippen LogP contribution in [0.5, 0.6) is 0 Å². The van der Waals surface area contributed by atoms with Gasteiger partial charge in [-0.3, -0.25) is 0 Å². The molecule has 15 heavy (non-hydrogen) atoms. The summed E-state index contributed by atoms with van der Waals surface area (Å²) >= 11 is 0.